The van der Waals surface area contributed by atoms with E-state index in [1.54, 1.807) is 6.07 Å². The Bertz CT molecular complexity index is 1130. The Hall–Kier alpha value is -3.09. The number of rotatable bonds is 8. The summed E-state index contributed by atoms with van der Waals surface area (Å²) < 4.78 is 64.3. The van der Waals surface area contributed by atoms with E-state index >= 15 is 0 Å². The van der Waals surface area contributed by atoms with Gasteiger partial charge in [-0.05, 0) is 36.2 Å². The summed E-state index contributed by atoms with van der Waals surface area (Å²) in [5.74, 6) is -3.26. The fourth-order valence-electron chi connectivity index (χ4n) is 3.30. The van der Waals surface area contributed by atoms with Gasteiger partial charge < -0.3 is 20.1 Å². The Morgan fingerprint density at radius 3 is 2.64 bits per heavy atom. The Morgan fingerprint density at radius 2 is 1.88 bits per heavy atom. The lowest BCUT2D eigenvalue weighted by atomic mass is 10.1. The van der Waals surface area contributed by atoms with Gasteiger partial charge in [0.1, 0.15) is 28.5 Å². The van der Waals surface area contributed by atoms with Gasteiger partial charge in [0.25, 0.3) is 0 Å². The normalized spacial score (nSPS) is 16.4. The van der Waals surface area contributed by atoms with Gasteiger partial charge in [0, 0.05) is 13.1 Å². The van der Waals surface area contributed by atoms with Crippen LogP contribution in [-0.4, -0.2) is 64.1 Å². The van der Waals surface area contributed by atoms with Crippen molar-refractivity contribution in [3.63, 3.8) is 0 Å². The van der Waals surface area contributed by atoms with E-state index in [2.05, 4.69) is 10.6 Å². The molecule has 0 unspecified atom stereocenters. The van der Waals surface area contributed by atoms with Gasteiger partial charge in [-0.2, -0.15) is 4.31 Å². The van der Waals surface area contributed by atoms with E-state index in [-0.39, 0.29) is 26.2 Å². The third kappa shape index (κ3) is 5.83. The molecule has 33 heavy (non-hydrogen) atoms. The Morgan fingerprint density at radius 1 is 1.15 bits per heavy atom. The summed E-state index contributed by atoms with van der Waals surface area (Å²) in [5, 5.41) is 4.77. The molecule has 1 aliphatic rings. The first kappa shape index (κ1) is 24.6. The van der Waals surface area contributed by atoms with Gasteiger partial charge in [-0.3, -0.25) is 9.59 Å². The fourth-order valence-corrected chi connectivity index (χ4v) is 4.89. The van der Waals surface area contributed by atoms with E-state index in [0.717, 1.165) is 15.9 Å². The summed E-state index contributed by atoms with van der Waals surface area (Å²) in [6, 6.07) is 9.34. The SMILES string of the molecule is COc1ccccc1CCNC(=O)C(=O)NC[C@@H]1OCCN1S(=O)(=O)c1cc(F)ccc1F. The minimum Gasteiger partial charge on any atom is -0.496 e. The van der Waals surface area contributed by atoms with Crippen molar-refractivity contribution in [1.82, 2.24) is 14.9 Å². The lowest BCUT2D eigenvalue weighted by Gasteiger charge is -2.23. The van der Waals surface area contributed by atoms with Gasteiger partial charge in [-0.25, -0.2) is 17.2 Å². The summed E-state index contributed by atoms with van der Waals surface area (Å²) in [7, 11) is -2.90. The molecular formula is C21H23F2N3O6S. The Balaban J connectivity index is 1.54. The van der Waals surface area contributed by atoms with Crippen molar-refractivity contribution in [2.45, 2.75) is 17.5 Å². The highest BCUT2D eigenvalue weighted by Gasteiger charge is 2.38. The molecule has 3 rings (SSSR count). The average Bonchev–Trinajstić information content (AvgIpc) is 3.29. The van der Waals surface area contributed by atoms with E-state index in [1.807, 2.05) is 18.2 Å². The van der Waals surface area contributed by atoms with Crippen LogP contribution < -0.4 is 15.4 Å². The maximum atomic E-state index is 14.0. The second-order valence-electron chi connectivity index (χ2n) is 7.04. The standard InChI is InChI=1S/C21H23F2N3O6S/c1-31-17-5-3-2-4-14(17)8-9-24-20(27)21(28)25-13-19-26(10-11-32-19)33(29,30)18-12-15(22)6-7-16(18)23/h2-7,12,19H,8-11,13H2,1H3,(H,24,27)(H,25,28)/t19-/m0/s1. The van der Waals surface area contributed by atoms with Crippen molar-refractivity contribution < 1.29 is 36.3 Å². The lowest BCUT2D eigenvalue weighted by Crippen LogP contribution is -2.47. The second-order valence-corrected chi connectivity index (χ2v) is 8.90. The van der Waals surface area contributed by atoms with Gasteiger partial charge in [0.2, 0.25) is 10.0 Å². The largest absolute Gasteiger partial charge is 0.496 e. The molecule has 9 nitrogen and oxygen atoms in total. The molecule has 0 aliphatic carbocycles. The van der Waals surface area contributed by atoms with Crippen LogP contribution in [0.25, 0.3) is 0 Å². The molecule has 2 aromatic rings. The average molecular weight is 483 g/mol. The molecule has 1 saturated heterocycles. The first-order valence-corrected chi connectivity index (χ1v) is 11.4. The van der Waals surface area contributed by atoms with Crippen molar-refractivity contribution >= 4 is 21.8 Å². The quantitative estimate of drug-likeness (QED) is 0.537. The van der Waals surface area contributed by atoms with Crippen molar-refractivity contribution in [3.8, 4) is 5.75 Å². The number of nitrogens with zero attached hydrogens (tertiary/aromatic N) is 1. The molecule has 178 valence electrons. The molecule has 0 spiro atoms. The lowest BCUT2D eigenvalue weighted by molar-refractivity contribution is -0.139. The first-order chi connectivity index (χ1) is 15.7. The maximum absolute atomic E-state index is 14.0. The van der Waals surface area contributed by atoms with Gasteiger partial charge in [0.15, 0.2) is 0 Å². The predicted octanol–water partition coefficient (Wildman–Crippen LogP) is 0.796. The molecule has 1 atom stereocenters. The van der Waals surface area contributed by atoms with Crippen molar-refractivity contribution in [2.24, 2.45) is 0 Å². The predicted molar refractivity (Wildman–Crippen MR) is 113 cm³/mol. The third-order valence-corrected chi connectivity index (χ3v) is 6.84. The van der Waals surface area contributed by atoms with Crippen LogP contribution >= 0.6 is 0 Å². The Labute approximate surface area is 189 Å². The molecular weight excluding hydrogens is 460 g/mol. The Kier molecular flexibility index (Phi) is 7.95. The minimum atomic E-state index is -4.43. The highest BCUT2D eigenvalue weighted by molar-refractivity contribution is 7.89. The maximum Gasteiger partial charge on any atom is 0.309 e. The number of carbonyl (C=O) groups is 2. The highest BCUT2D eigenvalue weighted by Crippen LogP contribution is 2.25. The number of benzene rings is 2. The zero-order chi connectivity index (χ0) is 24.0. The van der Waals surface area contributed by atoms with E-state index in [9.17, 15) is 26.8 Å². The van der Waals surface area contributed by atoms with E-state index in [0.29, 0.717) is 24.3 Å². The highest BCUT2D eigenvalue weighted by atomic mass is 32.2. The number of ether oxygens (including phenoxy) is 2. The van der Waals surface area contributed by atoms with Gasteiger partial charge in [-0.15, -0.1) is 0 Å². The molecule has 1 aliphatic heterocycles. The monoisotopic (exact) mass is 483 g/mol. The van der Waals surface area contributed by atoms with Crippen molar-refractivity contribution in [2.75, 3.05) is 33.4 Å². The summed E-state index contributed by atoms with van der Waals surface area (Å²) in [6.45, 7) is -0.313. The number of nitrogens with one attached hydrogen (secondary N) is 2. The fraction of sp³-hybridized carbons (Fsp3) is 0.333. The van der Waals surface area contributed by atoms with Gasteiger partial charge in [0.05, 0.1) is 20.3 Å². The molecule has 0 bridgehead atoms. The van der Waals surface area contributed by atoms with E-state index in [1.165, 1.54) is 7.11 Å². The van der Waals surface area contributed by atoms with Crippen LogP contribution in [0.15, 0.2) is 47.4 Å². The van der Waals surface area contributed by atoms with E-state index in [4.69, 9.17) is 9.47 Å². The molecule has 1 heterocycles. The van der Waals surface area contributed by atoms with Crippen LogP contribution in [0.4, 0.5) is 8.78 Å². The number of carbonyl (C=O) groups excluding carboxylic acids is 2. The molecule has 2 N–H and O–H groups in total. The van der Waals surface area contributed by atoms with Crippen LogP contribution in [0, 0.1) is 11.6 Å². The number of halogens is 2. The van der Waals surface area contributed by atoms with Crippen LogP contribution in [0.2, 0.25) is 0 Å². The number of sulfonamides is 1. The molecule has 0 saturated carbocycles. The zero-order valence-electron chi connectivity index (χ0n) is 17.7. The molecule has 1 fully saturated rings. The summed E-state index contributed by atoms with van der Waals surface area (Å²) in [5.41, 5.74) is 0.852. The van der Waals surface area contributed by atoms with Crippen LogP contribution in [0.5, 0.6) is 5.75 Å². The van der Waals surface area contributed by atoms with E-state index < -0.39 is 44.6 Å². The first-order valence-electron chi connectivity index (χ1n) is 10.0. The van der Waals surface area contributed by atoms with Gasteiger partial charge >= 0.3 is 11.8 Å². The summed E-state index contributed by atoms with van der Waals surface area (Å²) in [6.07, 6.45) is -0.747. The zero-order valence-corrected chi connectivity index (χ0v) is 18.5. The van der Waals surface area contributed by atoms with Crippen molar-refractivity contribution in [3.05, 3.63) is 59.7 Å². The minimum absolute atomic E-state index is 0.0121. The third-order valence-electron chi connectivity index (χ3n) is 4.94. The number of para-hydroxylation sites is 1. The van der Waals surface area contributed by atoms with Crippen LogP contribution in [0.3, 0.4) is 0 Å². The molecule has 12 heteroatoms. The second kappa shape index (κ2) is 10.7. The number of hydrogen-bond donors (Lipinski definition) is 2. The smallest absolute Gasteiger partial charge is 0.309 e. The molecule has 2 aromatic carbocycles. The van der Waals surface area contributed by atoms with Gasteiger partial charge in [-0.1, -0.05) is 18.2 Å². The number of methoxy groups -OCH3 is 1. The van der Waals surface area contributed by atoms with Crippen molar-refractivity contribution in [1.29, 1.82) is 0 Å². The summed E-state index contributed by atoms with van der Waals surface area (Å²) in [4.78, 5) is 23.3. The molecule has 0 aromatic heterocycles. The number of amides is 2. The van der Waals surface area contributed by atoms with Crippen LogP contribution in [-0.2, 0) is 30.8 Å². The molecule has 2 amide bonds. The van der Waals surface area contributed by atoms with Crippen LogP contribution in [0.1, 0.15) is 5.56 Å². The topological polar surface area (TPSA) is 114 Å². The summed E-state index contributed by atoms with van der Waals surface area (Å²) >= 11 is 0. The molecule has 0 radical (unpaired) electrons. The number of hydrogen-bond acceptors (Lipinski definition) is 6.